The Morgan fingerprint density at radius 1 is 1.53 bits per heavy atom. The molecule has 15 heavy (non-hydrogen) atoms. The number of halogens is 2. The third-order valence-corrected chi connectivity index (χ3v) is 3.62. The van der Waals surface area contributed by atoms with Gasteiger partial charge in [-0.1, -0.05) is 18.5 Å². The SMILES string of the molecule is CCC(C)N1CCc2c1ccc(F)c2Cl. The fourth-order valence-corrected chi connectivity index (χ4v) is 2.37. The molecule has 1 aliphatic rings. The van der Waals surface area contributed by atoms with Crippen molar-refractivity contribution >= 4 is 17.3 Å². The zero-order chi connectivity index (χ0) is 11.0. The highest BCUT2D eigenvalue weighted by Gasteiger charge is 2.25. The molecule has 0 bridgehead atoms. The Kier molecular flexibility index (Phi) is 2.87. The fraction of sp³-hybridized carbons (Fsp3) is 0.500. The van der Waals surface area contributed by atoms with Crippen molar-refractivity contribution in [3.05, 3.63) is 28.5 Å². The largest absolute Gasteiger partial charge is 0.368 e. The zero-order valence-corrected chi connectivity index (χ0v) is 9.81. The van der Waals surface area contributed by atoms with E-state index in [4.69, 9.17) is 11.6 Å². The van der Waals surface area contributed by atoms with Gasteiger partial charge in [0.1, 0.15) is 5.82 Å². The van der Waals surface area contributed by atoms with E-state index in [2.05, 4.69) is 18.7 Å². The van der Waals surface area contributed by atoms with E-state index in [1.807, 2.05) is 6.07 Å². The van der Waals surface area contributed by atoms with Crippen LogP contribution >= 0.6 is 11.6 Å². The van der Waals surface area contributed by atoms with E-state index in [0.717, 1.165) is 30.6 Å². The Hall–Kier alpha value is -0.760. The van der Waals surface area contributed by atoms with Crippen molar-refractivity contribution in [1.82, 2.24) is 0 Å². The van der Waals surface area contributed by atoms with Gasteiger partial charge in [0.2, 0.25) is 0 Å². The lowest BCUT2D eigenvalue weighted by atomic mass is 10.1. The molecule has 0 saturated carbocycles. The van der Waals surface area contributed by atoms with Gasteiger partial charge in [0.25, 0.3) is 0 Å². The topological polar surface area (TPSA) is 3.24 Å². The number of benzene rings is 1. The summed E-state index contributed by atoms with van der Waals surface area (Å²) in [7, 11) is 0. The zero-order valence-electron chi connectivity index (χ0n) is 9.06. The molecule has 82 valence electrons. The van der Waals surface area contributed by atoms with Gasteiger partial charge in [0, 0.05) is 18.3 Å². The van der Waals surface area contributed by atoms with Crippen LogP contribution in [0.3, 0.4) is 0 Å². The normalized spacial score (nSPS) is 16.7. The molecule has 3 heteroatoms. The molecule has 1 aromatic carbocycles. The predicted octanol–water partition coefficient (Wildman–Crippen LogP) is 3.64. The van der Waals surface area contributed by atoms with Crippen molar-refractivity contribution < 1.29 is 4.39 Å². The van der Waals surface area contributed by atoms with Crippen molar-refractivity contribution in [2.24, 2.45) is 0 Å². The summed E-state index contributed by atoms with van der Waals surface area (Å²) in [5.74, 6) is -0.304. The summed E-state index contributed by atoms with van der Waals surface area (Å²) in [6, 6.07) is 3.80. The Morgan fingerprint density at radius 2 is 2.27 bits per heavy atom. The first-order valence-corrected chi connectivity index (χ1v) is 5.76. The van der Waals surface area contributed by atoms with Crippen LogP contribution in [0, 0.1) is 5.82 Å². The highest BCUT2D eigenvalue weighted by Crippen LogP contribution is 2.36. The molecule has 0 aliphatic carbocycles. The molecule has 1 aliphatic heterocycles. The maximum absolute atomic E-state index is 13.2. The van der Waals surface area contributed by atoms with Gasteiger partial charge in [-0.3, -0.25) is 0 Å². The summed E-state index contributed by atoms with van der Waals surface area (Å²) in [6.07, 6.45) is 1.95. The highest BCUT2D eigenvalue weighted by atomic mass is 35.5. The van der Waals surface area contributed by atoms with Crippen LogP contribution in [0.1, 0.15) is 25.8 Å². The maximum Gasteiger partial charge on any atom is 0.142 e. The summed E-state index contributed by atoms with van der Waals surface area (Å²) in [5, 5.41) is 0.304. The minimum Gasteiger partial charge on any atom is -0.368 e. The van der Waals surface area contributed by atoms with Crippen LogP contribution in [-0.2, 0) is 6.42 Å². The van der Waals surface area contributed by atoms with Crippen molar-refractivity contribution in [1.29, 1.82) is 0 Å². The molecule has 1 atom stereocenters. The molecule has 0 N–H and O–H groups in total. The van der Waals surface area contributed by atoms with Crippen molar-refractivity contribution in [2.75, 3.05) is 11.4 Å². The third-order valence-electron chi connectivity index (χ3n) is 3.21. The molecule has 0 amide bonds. The second-order valence-corrected chi connectivity index (χ2v) is 4.44. The van der Waals surface area contributed by atoms with E-state index in [1.165, 1.54) is 6.07 Å². The van der Waals surface area contributed by atoms with Gasteiger partial charge in [-0.2, -0.15) is 0 Å². The predicted molar refractivity (Wildman–Crippen MR) is 62.2 cm³/mol. The number of anilines is 1. The Balaban J connectivity index is 2.40. The van der Waals surface area contributed by atoms with E-state index in [1.54, 1.807) is 0 Å². The monoisotopic (exact) mass is 227 g/mol. The van der Waals surface area contributed by atoms with E-state index in [0.29, 0.717) is 11.1 Å². The summed E-state index contributed by atoms with van der Waals surface area (Å²) in [4.78, 5) is 2.31. The lowest BCUT2D eigenvalue weighted by Crippen LogP contribution is -2.30. The van der Waals surface area contributed by atoms with E-state index in [9.17, 15) is 4.39 Å². The van der Waals surface area contributed by atoms with Crippen LogP contribution in [-0.4, -0.2) is 12.6 Å². The van der Waals surface area contributed by atoms with E-state index in [-0.39, 0.29) is 5.82 Å². The highest BCUT2D eigenvalue weighted by molar-refractivity contribution is 6.32. The molecule has 0 fully saturated rings. The standard InChI is InChI=1S/C12H15ClFN/c1-3-8(2)15-7-6-9-11(15)5-4-10(14)12(9)13/h4-5,8H,3,6-7H2,1-2H3. The summed E-state index contributed by atoms with van der Waals surface area (Å²) in [6.45, 7) is 5.30. The first-order valence-electron chi connectivity index (χ1n) is 5.38. The van der Waals surface area contributed by atoms with Gasteiger partial charge < -0.3 is 4.90 Å². The molecule has 2 rings (SSSR count). The number of hydrogen-bond acceptors (Lipinski definition) is 1. The summed E-state index contributed by atoms with van der Waals surface area (Å²) >= 11 is 5.95. The second kappa shape index (κ2) is 4.01. The average Bonchev–Trinajstić information content (AvgIpc) is 2.66. The second-order valence-electron chi connectivity index (χ2n) is 4.06. The number of nitrogens with zero attached hydrogens (tertiary/aromatic N) is 1. The average molecular weight is 228 g/mol. The molecule has 0 saturated heterocycles. The fourth-order valence-electron chi connectivity index (χ4n) is 2.12. The van der Waals surface area contributed by atoms with Gasteiger partial charge in [0.15, 0.2) is 0 Å². The van der Waals surface area contributed by atoms with Crippen LogP contribution in [0.15, 0.2) is 12.1 Å². The molecule has 0 radical (unpaired) electrons. The van der Waals surface area contributed by atoms with Crippen LogP contribution in [0.2, 0.25) is 5.02 Å². The van der Waals surface area contributed by atoms with Crippen molar-refractivity contribution in [3.63, 3.8) is 0 Å². The molecule has 1 aromatic rings. The molecule has 0 aromatic heterocycles. The maximum atomic E-state index is 13.2. The molecular formula is C12H15ClFN. The first-order chi connectivity index (χ1) is 7.15. The molecule has 0 spiro atoms. The van der Waals surface area contributed by atoms with E-state index < -0.39 is 0 Å². The van der Waals surface area contributed by atoms with Crippen LogP contribution in [0.25, 0.3) is 0 Å². The quantitative estimate of drug-likeness (QED) is 0.746. The van der Waals surface area contributed by atoms with Gasteiger partial charge in [0.05, 0.1) is 5.02 Å². The number of hydrogen-bond donors (Lipinski definition) is 0. The van der Waals surface area contributed by atoms with Gasteiger partial charge in [-0.25, -0.2) is 4.39 Å². The third kappa shape index (κ3) is 1.71. The van der Waals surface area contributed by atoms with Gasteiger partial charge in [-0.15, -0.1) is 0 Å². The smallest absolute Gasteiger partial charge is 0.142 e. The molecule has 1 unspecified atom stereocenters. The van der Waals surface area contributed by atoms with Crippen molar-refractivity contribution in [3.8, 4) is 0 Å². The van der Waals surface area contributed by atoms with Crippen LogP contribution in [0.5, 0.6) is 0 Å². The van der Waals surface area contributed by atoms with Crippen molar-refractivity contribution in [2.45, 2.75) is 32.7 Å². The minimum atomic E-state index is -0.304. The molecular weight excluding hydrogens is 213 g/mol. The Labute approximate surface area is 94.8 Å². The molecule has 1 nitrogen and oxygen atoms in total. The minimum absolute atomic E-state index is 0.304. The number of fused-ring (bicyclic) bond motifs is 1. The van der Waals surface area contributed by atoms with Gasteiger partial charge >= 0.3 is 0 Å². The molecule has 1 heterocycles. The number of rotatable bonds is 2. The lowest BCUT2D eigenvalue weighted by molar-refractivity contribution is 0.626. The Morgan fingerprint density at radius 3 is 2.93 bits per heavy atom. The van der Waals surface area contributed by atoms with Crippen LogP contribution < -0.4 is 4.90 Å². The van der Waals surface area contributed by atoms with Gasteiger partial charge in [-0.05, 0) is 37.5 Å². The summed E-state index contributed by atoms with van der Waals surface area (Å²) in [5.41, 5.74) is 2.08. The van der Waals surface area contributed by atoms with Crippen LogP contribution in [0.4, 0.5) is 10.1 Å². The summed E-state index contributed by atoms with van der Waals surface area (Å²) < 4.78 is 13.2. The first kappa shape index (κ1) is 10.7. The van der Waals surface area contributed by atoms with E-state index >= 15 is 0 Å². The Bertz CT molecular complexity index is 378. The lowest BCUT2D eigenvalue weighted by Gasteiger charge is -2.26.